The smallest absolute Gasteiger partial charge is 0.872 e. The van der Waals surface area contributed by atoms with Gasteiger partial charge in [-0.05, 0) is 72.0 Å². The average Bonchev–Trinajstić information content (AvgIpc) is 3.02. The van der Waals surface area contributed by atoms with Crippen LogP contribution in [0.4, 0.5) is 0 Å². The fourth-order valence-corrected chi connectivity index (χ4v) is 23.7. The fraction of sp³-hybridized carbons (Fsp3) is 0.259. The molecule has 7 radical (unpaired) electrons. The van der Waals surface area contributed by atoms with Gasteiger partial charge in [0.05, 0.1) is 0 Å². The Bertz CT molecular complexity index is 1650. The van der Waals surface area contributed by atoms with Gasteiger partial charge in [-0.2, -0.15) is 7.11 Å². The molecule has 4 bridgehead atoms. The maximum absolute atomic E-state index is 12.5. The van der Waals surface area contributed by atoms with E-state index >= 15 is 0 Å². The van der Waals surface area contributed by atoms with Gasteiger partial charge in [0.25, 0.3) is 9.53 Å². The van der Waals surface area contributed by atoms with Gasteiger partial charge in [-0.1, -0.05) is 72.8 Å². The summed E-state index contributed by atoms with van der Waals surface area (Å²) in [6.07, 6.45) is 0. The Hall–Kier alpha value is -0.854. The summed E-state index contributed by atoms with van der Waals surface area (Å²) in [7, 11) is -20.6. The minimum absolute atomic E-state index is 0. The van der Waals surface area contributed by atoms with Gasteiger partial charge in [0.2, 0.25) is 0 Å². The molecule has 7 rings (SSSR count). The van der Waals surface area contributed by atoms with Gasteiger partial charge in [0.1, 0.15) is 0 Å². The summed E-state index contributed by atoms with van der Waals surface area (Å²) >= 11 is 0. The molecule has 0 aliphatic carbocycles. The van der Waals surface area contributed by atoms with Crippen LogP contribution >= 0.6 is 0 Å². The predicted octanol–water partition coefficient (Wildman–Crippen LogP) is 0.915. The third kappa shape index (κ3) is 12.1. The first-order chi connectivity index (χ1) is 24.2. The SMILES string of the molecule is C[O-].C[Si](C)(C)O[Si]1O[Si]2O[Si]([O-])O[Si]3O[Si](O2)O[Si](O1)O[Si](O[Si](C)(C)C)O3.[O-]c1ccc2ccccc2c1-c1c([O-])ccc2ccccc12.[Ti+4]. The first-order valence-electron chi connectivity index (χ1n) is 15.2. The van der Waals surface area contributed by atoms with E-state index in [0.717, 1.165) is 28.7 Å². The molecule has 0 aromatic heterocycles. The van der Waals surface area contributed by atoms with Crippen molar-refractivity contribution in [1.29, 1.82) is 0 Å². The zero-order valence-electron chi connectivity index (χ0n) is 29.1. The normalized spacial score (nSPS) is 18.9. The molecule has 3 aliphatic rings. The number of fused-ring (bicyclic) bond motifs is 5. The number of hydrogen-bond acceptors (Lipinski definition) is 15. The predicted molar refractivity (Wildman–Crippen MR) is 191 cm³/mol. The molecule has 3 heterocycles. The van der Waals surface area contributed by atoms with E-state index in [1.165, 1.54) is 0 Å². The van der Waals surface area contributed by atoms with Crippen molar-refractivity contribution in [1.82, 2.24) is 0 Å². The molecule has 0 atom stereocenters. The van der Waals surface area contributed by atoms with Crippen LogP contribution in [0.3, 0.4) is 0 Å². The zero-order valence-corrected chi connectivity index (χ0v) is 39.6. The van der Waals surface area contributed by atoms with Crippen molar-refractivity contribution in [3.05, 3.63) is 72.8 Å². The maximum Gasteiger partial charge on any atom is 4.00 e. The fourth-order valence-electron chi connectivity index (χ4n) is 4.53. The summed E-state index contributed by atoms with van der Waals surface area (Å²) in [5.41, 5.74) is 1.000. The Morgan fingerprint density at radius 2 is 0.808 bits per heavy atom. The third-order valence-electron chi connectivity index (χ3n) is 6.31. The van der Waals surface area contributed by atoms with Crippen molar-refractivity contribution in [2.75, 3.05) is 7.11 Å². The molecule has 0 N–H and O–H groups in total. The molecule has 52 heavy (non-hydrogen) atoms. The Morgan fingerprint density at radius 3 is 1.17 bits per heavy atom. The standard InChI is InChI=1S/C20H14O2.C6H18O12Si9.CH3O.Ti/c21-17-11-9-13-5-1-3-7-15(13)19(17)20-16-8-4-2-6-14(16)10-12-18(20)22;1-26(2,3)17-24-13-20-8-19(7)9-21-11-22(10-20)12-23(15-24)16-25(14-21)18-27(4,5)6;1-2;/h1-12,21-22H;1-6H3;1H3;/q;2*-1;+4/p-2. The number of hydrogen-bond donors (Lipinski definition) is 0. The number of benzene rings is 4. The van der Waals surface area contributed by atoms with E-state index in [9.17, 15) is 15.0 Å². The van der Waals surface area contributed by atoms with Gasteiger partial charge in [0.15, 0.2) is 16.6 Å². The van der Waals surface area contributed by atoms with Gasteiger partial charge in [-0.15, -0.1) is 11.5 Å². The van der Waals surface area contributed by atoms with Crippen LogP contribution < -0.4 is 20.1 Å². The van der Waals surface area contributed by atoms with Crippen molar-refractivity contribution >= 4 is 105 Å². The molecular weight excluding hydrogens is 865 g/mol. The van der Waals surface area contributed by atoms with Crippen LogP contribution in [0.2, 0.25) is 39.3 Å². The second-order valence-corrected chi connectivity index (χ2v) is 33.3. The topological polar surface area (TPSA) is 194 Å². The minimum Gasteiger partial charge on any atom is -0.872 e. The second-order valence-electron chi connectivity index (χ2n) is 12.4. The van der Waals surface area contributed by atoms with Crippen LogP contribution in [0.15, 0.2) is 72.8 Å². The van der Waals surface area contributed by atoms with E-state index in [2.05, 4.69) is 0 Å². The van der Waals surface area contributed by atoms with Crippen molar-refractivity contribution in [2.45, 2.75) is 39.3 Å². The first-order valence-corrected chi connectivity index (χ1v) is 30.6. The van der Waals surface area contributed by atoms with E-state index in [1.807, 2.05) is 87.8 Å². The summed E-state index contributed by atoms with van der Waals surface area (Å²) in [6, 6.07) is 22.0. The van der Waals surface area contributed by atoms with Crippen LogP contribution in [-0.2, 0) is 67.0 Å². The summed E-state index contributed by atoms with van der Waals surface area (Å²) in [5.74, 6) is -0.237. The Kier molecular flexibility index (Phi) is 16.3. The largest absolute Gasteiger partial charge is 4.00 e. The van der Waals surface area contributed by atoms with Gasteiger partial charge < -0.3 is 65.4 Å². The quantitative estimate of drug-likeness (QED) is 0.257. The van der Waals surface area contributed by atoms with Crippen LogP contribution in [0.5, 0.6) is 11.5 Å². The summed E-state index contributed by atoms with van der Waals surface area (Å²) < 4.78 is 62.7. The molecule has 3 saturated heterocycles. The van der Waals surface area contributed by atoms with Crippen LogP contribution in [-0.4, -0.2) is 90.4 Å². The molecule has 4 aromatic rings. The van der Waals surface area contributed by atoms with Gasteiger partial charge in [0, 0.05) is 0 Å². The molecule has 15 nitrogen and oxygen atoms in total. The zero-order chi connectivity index (χ0) is 36.9. The minimum atomic E-state index is -2.97. The number of rotatable bonds is 5. The van der Waals surface area contributed by atoms with Crippen LogP contribution in [0.1, 0.15) is 0 Å². The van der Waals surface area contributed by atoms with Crippen LogP contribution in [0, 0.1) is 0 Å². The molecule has 0 amide bonds. The Morgan fingerprint density at radius 1 is 0.481 bits per heavy atom. The molecule has 271 valence electrons. The molecular formula is C27H33O15Si9Ti. The van der Waals surface area contributed by atoms with Gasteiger partial charge in [-0.25, -0.2) is 0 Å². The van der Waals surface area contributed by atoms with Crippen molar-refractivity contribution < 1.29 is 87.1 Å². The van der Waals surface area contributed by atoms with Crippen LogP contribution in [0.25, 0.3) is 32.7 Å². The summed E-state index contributed by atoms with van der Waals surface area (Å²) in [6.45, 7) is 11.9. The van der Waals surface area contributed by atoms with E-state index in [1.54, 1.807) is 24.3 Å². The summed E-state index contributed by atoms with van der Waals surface area (Å²) in [4.78, 5) is 12.1. The van der Waals surface area contributed by atoms with Crippen molar-refractivity contribution in [3.8, 4) is 22.6 Å². The van der Waals surface area contributed by atoms with E-state index in [0.29, 0.717) is 11.1 Å². The molecule has 0 saturated carbocycles. The van der Waals surface area contributed by atoms with Gasteiger partial charge in [-0.3, -0.25) is 0 Å². The van der Waals surface area contributed by atoms with Crippen molar-refractivity contribution in [2.24, 2.45) is 0 Å². The van der Waals surface area contributed by atoms with E-state index < -0.39 is 83.3 Å². The summed E-state index contributed by atoms with van der Waals surface area (Å²) in [5, 5.41) is 36.8. The monoisotopic (exact) mass is 897 g/mol. The molecule has 4 aromatic carbocycles. The van der Waals surface area contributed by atoms with E-state index in [4.69, 9.17) is 50.4 Å². The molecule has 0 spiro atoms. The molecule has 3 fully saturated rings. The first kappa shape index (κ1) is 43.9. The van der Waals surface area contributed by atoms with Crippen molar-refractivity contribution in [3.63, 3.8) is 0 Å². The van der Waals surface area contributed by atoms with E-state index in [-0.39, 0.29) is 33.2 Å². The van der Waals surface area contributed by atoms with Gasteiger partial charge >= 0.3 is 78.9 Å². The molecule has 3 aliphatic heterocycles. The third-order valence-corrected chi connectivity index (χ3v) is 24.5. The average molecular weight is 898 g/mol. The second kappa shape index (κ2) is 19.3. The Labute approximate surface area is 331 Å². The Balaban J connectivity index is 0.000000221. The molecule has 0 unspecified atom stereocenters. The maximum atomic E-state index is 12.5. The molecule has 25 heteroatoms.